The zero-order valence-electron chi connectivity index (χ0n) is 15.3. The molecule has 0 unspecified atom stereocenters. The Morgan fingerprint density at radius 2 is 1.80 bits per heavy atom. The highest BCUT2D eigenvalue weighted by Gasteiger charge is 2.08. The minimum atomic E-state index is 0.852. The van der Waals surface area contributed by atoms with Crippen molar-refractivity contribution in [3.8, 4) is 17.0 Å². The van der Waals surface area contributed by atoms with Crippen LogP contribution in [0, 0.1) is 6.92 Å². The van der Waals surface area contributed by atoms with E-state index in [9.17, 15) is 0 Å². The quantitative estimate of drug-likeness (QED) is 0.480. The molecule has 0 spiro atoms. The maximum atomic E-state index is 5.26. The summed E-state index contributed by atoms with van der Waals surface area (Å²) in [6, 6.07) is 16.5. The molecular formula is C22H24N2O. The van der Waals surface area contributed by atoms with Gasteiger partial charge in [-0.25, -0.2) is 4.98 Å². The van der Waals surface area contributed by atoms with Gasteiger partial charge in [-0.2, -0.15) is 0 Å². The summed E-state index contributed by atoms with van der Waals surface area (Å²) in [6.07, 6.45) is 3.28. The third-order valence-electron chi connectivity index (χ3n) is 4.01. The SMILES string of the molecule is CCC.COc1ccc2nc(-c3c[nH]c4ccc(C)cc34)ccc2c1. The molecule has 4 rings (SSSR count). The largest absolute Gasteiger partial charge is 0.497 e. The van der Waals surface area contributed by atoms with Crippen molar-refractivity contribution in [2.45, 2.75) is 27.2 Å². The van der Waals surface area contributed by atoms with Crippen molar-refractivity contribution >= 4 is 21.8 Å². The van der Waals surface area contributed by atoms with Crippen molar-refractivity contribution in [1.82, 2.24) is 9.97 Å². The minimum Gasteiger partial charge on any atom is -0.497 e. The highest BCUT2D eigenvalue weighted by atomic mass is 16.5. The fourth-order valence-electron chi connectivity index (χ4n) is 2.83. The van der Waals surface area contributed by atoms with Crippen LogP contribution in [0.5, 0.6) is 5.75 Å². The van der Waals surface area contributed by atoms with Gasteiger partial charge >= 0.3 is 0 Å². The zero-order chi connectivity index (χ0) is 17.8. The lowest BCUT2D eigenvalue weighted by Crippen LogP contribution is -1.87. The van der Waals surface area contributed by atoms with Gasteiger partial charge in [-0.3, -0.25) is 0 Å². The van der Waals surface area contributed by atoms with E-state index in [1.165, 1.54) is 17.4 Å². The third kappa shape index (κ3) is 3.50. The number of hydrogen-bond donors (Lipinski definition) is 1. The number of fused-ring (bicyclic) bond motifs is 2. The lowest BCUT2D eigenvalue weighted by molar-refractivity contribution is 0.415. The van der Waals surface area contributed by atoms with E-state index in [1.54, 1.807) is 7.11 Å². The molecule has 2 aromatic heterocycles. The molecule has 25 heavy (non-hydrogen) atoms. The number of ether oxygens (including phenoxy) is 1. The third-order valence-corrected chi connectivity index (χ3v) is 4.01. The van der Waals surface area contributed by atoms with Crippen molar-refractivity contribution in [1.29, 1.82) is 0 Å². The van der Waals surface area contributed by atoms with Gasteiger partial charge in [0.2, 0.25) is 0 Å². The molecule has 0 aliphatic rings. The molecule has 0 bridgehead atoms. The molecule has 2 heterocycles. The van der Waals surface area contributed by atoms with E-state index in [0.717, 1.165) is 33.4 Å². The highest BCUT2D eigenvalue weighted by Crippen LogP contribution is 2.30. The topological polar surface area (TPSA) is 37.9 Å². The van der Waals surface area contributed by atoms with Crippen molar-refractivity contribution < 1.29 is 4.74 Å². The fourth-order valence-corrected chi connectivity index (χ4v) is 2.83. The van der Waals surface area contributed by atoms with Crippen LogP contribution in [0.15, 0.2) is 54.7 Å². The molecule has 0 fully saturated rings. The molecule has 0 saturated carbocycles. The lowest BCUT2D eigenvalue weighted by atomic mass is 10.1. The monoisotopic (exact) mass is 332 g/mol. The molecular weight excluding hydrogens is 308 g/mol. The molecule has 4 aromatic rings. The van der Waals surface area contributed by atoms with Crippen LogP contribution in [0.4, 0.5) is 0 Å². The Bertz CT molecular complexity index is 1000. The van der Waals surface area contributed by atoms with Gasteiger partial charge in [0.15, 0.2) is 0 Å². The Morgan fingerprint density at radius 3 is 2.56 bits per heavy atom. The number of rotatable bonds is 2. The van der Waals surface area contributed by atoms with Crippen LogP contribution in [0.3, 0.4) is 0 Å². The van der Waals surface area contributed by atoms with Gasteiger partial charge in [-0.1, -0.05) is 38.0 Å². The summed E-state index contributed by atoms with van der Waals surface area (Å²) in [5.74, 6) is 0.852. The Morgan fingerprint density at radius 1 is 1.00 bits per heavy atom. The van der Waals surface area contributed by atoms with Gasteiger partial charge in [-0.05, 0) is 43.3 Å². The van der Waals surface area contributed by atoms with E-state index in [0.29, 0.717) is 0 Å². The van der Waals surface area contributed by atoms with E-state index in [-0.39, 0.29) is 0 Å². The van der Waals surface area contributed by atoms with Crippen LogP contribution in [0.1, 0.15) is 25.8 Å². The number of methoxy groups -OCH3 is 1. The van der Waals surface area contributed by atoms with Gasteiger partial charge < -0.3 is 9.72 Å². The Labute approximate surface area is 148 Å². The molecule has 0 radical (unpaired) electrons. The first kappa shape index (κ1) is 17.0. The first-order chi connectivity index (χ1) is 12.2. The number of nitrogens with one attached hydrogen (secondary N) is 1. The smallest absolute Gasteiger partial charge is 0.119 e. The summed E-state index contributed by atoms with van der Waals surface area (Å²) in [6.45, 7) is 6.36. The number of aromatic nitrogens is 2. The molecule has 0 saturated heterocycles. The maximum Gasteiger partial charge on any atom is 0.119 e. The molecule has 0 aliphatic heterocycles. The average Bonchev–Trinajstić information content (AvgIpc) is 3.04. The van der Waals surface area contributed by atoms with Crippen LogP contribution in [0.25, 0.3) is 33.1 Å². The van der Waals surface area contributed by atoms with Crippen LogP contribution < -0.4 is 4.74 Å². The van der Waals surface area contributed by atoms with Crippen molar-refractivity contribution in [3.05, 3.63) is 60.3 Å². The number of nitrogens with zero attached hydrogens (tertiary/aromatic N) is 1. The summed E-state index contributed by atoms with van der Waals surface area (Å²) < 4.78 is 5.26. The molecule has 1 N–H and O–H groups in total. The van der Waals surface area contributed by atoms with E-state index in [1.807, 2.05) is 24.4 Å². The van der Waals surface area contributed by atoms with Crippen molar-refractivity contribution in [2.24, 2.45) is 0 Å². The van der Waals surface area contributed by atoms with Gasteiger partial charge in [0.1, 0.15) is 5.75 Å². The van der Waals surface area contributed by atoms with Crippen LogP contribution >= 0.6 is 0 Å². The number of hydrogen-bond acceptors (Lipinski definition) is 2. The number of benzene rings is 2. The van der Waals surface area contributed by atoms with E-state index in [2.05, 4.69) is 56.1 Å². The first-order valence-corrected chi connectivity index (χ1v) is 8.69. The molecule has 0 aliphatic carbocycles. The fraction of sp³-hybridized carbons (Fsp3) is 0.227. The number of aromatic amines is 1. The average molecular weight is 332 g/mol. The van der Waals surface area contributed by atoms with Gasteiger partial charge in [0, 0.05) is 28.0 Å². The predicted octanol–water partition coefficient (Wildman–Crippen LogP) is 6.12. The Balaban J connectivity index is 0.000000569. The second kappa shape index (κ2) is 7.39. The Hall–Kier alpha value is -2.81. The molecule has 2 aromatic carbocycles. The van der Waals surface area contributed by atoms with Gasteiger partial charge in [0.25, 0.3) is 0 Å². The molecule has 128 valence electrons. The number of H-pyrrole nitrogens is 1. The van der Waals surface area contributed by atoms with Crippen molar-refractivity contribution in [2.75, 3.05) is 7.11 Å². The maximum absolute atomic E-state index is 5.26. The highest BCUT2D eigenvalue weighted by molar-refractivity contribution is 5.96. The van der Waals surface area contributed by atoms with E-state index < -0.39 is 0 Å². The first-order valence-electron chi connectivity index (χ1n) is 8.69. The van der Waals surface area contributed by atoms with Crippen LogP contribution in [-0.2, 0) is 0 Å². The summed E-state index contributed by atoms with van der Waals surface area (Å²) in [5.41, 5.74) is 5.47. The summed E-state index contributed by atoms with van der Waals surface area (Å²) in [7, 11) is 1.68. The summed E-state index contributed by atoms with van der Waals surface area (Å²) in [4.78, 5) is 8.12. The summed E-state index contributed by atoms with van der Waals surface area (Å²) in [5, 5.41) is 2.29. The predicted molar refractivity (Wildman–Crippen MR) is 106 cm³/mol. The van der Waals surface area contributed by atoms with Gasteiger partial charge in [-0.15, -0.1) is 0 Å². The van der Waals surface area contributed by atoms with Crippen LogP contribution in [0.2, 0.25) is 0 Å². The van der Waals surface area contributed by atoms with Crippen molar-refractivity contribution in [3.63, 3.8) is 0 Å². The van der Waals surface area contributed by atoms with E-state index >= 15 is 0 Å². The van der Waals surface area contributed by atoms with Crippen LogP contribution in [-0.4, -0.2) is 17.1 Å². The number of pyridine rings is 1. The second-order valence-electron chi connectivity index (χ2n) is 6.21. The zero-order valence-corrected chi connectivity index (χ0v) is 15.3. The normalized spacial score (nSPS) is 10.6. The summed E-state index contributed by atoms with van der Waals surface area (Å²) >= 11 is 0. The number of aryl methyl sites for hydroxylation is 1. The standard InChI is InChI=1S/C19H16N2O.C3H8/c1-12-3-6-18-15(9-12)16(11-20-18)19-7-4-13-10-14(22-2)5-8-17(13)21-19;1-3-2/h3-11,20H,1-2H3;3H2,1-2H3. The molecule has 0 amide bonds. The van der Waals surface area contributed by atoms with E-state index in [4.69, 9.17) is 9.72 Å². The lowest BCUT2D eigenvalue weighted by Gasteiger charge is -2.05. The van der Waals surface area contributed by atoms with Gasteiger partial charge in [0.05, 0.1) is 18.3 Å². The molecule has 3 nitrogen and oxygen atoms in total. The minimum absolute atomic E-state index is 0.852. The molecule has 0 atom stereocenters. The second-order valence-corrected chi connectivity index (χ2v) is 6.21. The molecule has 3 heteroatoms. The Kier molecular flexibility index (Phi) is 5.03.